The summed E-state index contributed by atoms with van der Waals surface area (Å²) in [5.74, 6) is 0.854. The molecule has 0 radical (unpaired) electrons. The number of hydrogen-bond donors (Lipinski definition) is 3. The standard InChI is InChI=1S/C74H144O17P2/c1-9-67(8)53-45-37-31-33-39-47-55-72(77)85-61-70(91-74(79)57-49-41-29-25-21-20-23-27-35-43-51-65(4)5)63-89-93(82,83)87-59-68(75)58-86-92(80,81)88-62-69(60-84-71(76)54-46-38-32-30-36-44-52-66(6)7)90-73(78)56-48-40-28-24-19-17-15-13-11-10-12-14-16-18-22-26-34-42-50-64(2)3/h64-70,75H,9-63H2,1-8H3,(H,80,81)(H,82,83)/t67?,68?,69-,70-/m1/s1. The first-order chi connectivity index (χ1) is 44.6. The van der Waals surface area contributed by atoms with Crippen LogP contribution in [-0.4, -0.2) is 96.7 Å². The number of aliphatic hydroxyl groups is 1. The predicted octanol–water partition coefficient (Wildman–Crippen LogP) is 21.3. The van der Waals surface area contributed by atoms with Crippen LogP contribution in [0.2, 0.25) is 0 Å². The Morgan fingerprint density at radius 1 is 0.301 bits per heavy atom. The molecule has 0 saturated heterocycles. The van der Waals surface area contributed by atoms with Gasteiger partial charge < -0.3 is 33.8 Å². The molecular weight excluding hydrogens is 1220 g/mol. The first-order valence-corrected chi connectivity index (χ1v) is 41.2. The van der Waals surface area contributed by atoms with Gasteiger partial charge in [0.15, 0.2) is 12.2 Å². The van der Waals surface area contributed by atoms with Gasteiger partial charge in [0.2, 0.25) is 0 Å². The van der Waals surface area contributed by atoms with Gasteiger partial charge in [0, 0.05) is 25.7 Å². The molecule has 0 spiro atoms. The lowest BCUT2D eigenvalue weighted by Crippen LogP contribution is -2.30. The van der Waals surface area contributed by atoms with Crippen molar-refractivity contribution in [3.8, 4) is 0 Å². The highest BCUT2D eigenvalue weighted by molar-refractivity contribution is 7.47. The maximum atomic E-state index is 13.0. The zero-order valence-corrected chi connectivity index (χ0v) is 62.7. The van der Waals surface area contributed by atoms with Crippen LogP contribution in [0.4, 0.5) is 0 Å². The van der Waals surface area contributed by atoms with Gasteiger partial charge in [0.05, 0.1) is 26.4 Å². The summed E-state index contributed by atoms with van der Waals surface area (Å²) in [4.78, 5) is 72.6. The van der Waals surface area contributed by atoms with E-state index in [-0.39, 0.29) is 25.7 Å². The van der Waals surface area contributed by atoms with Crippen LogP contribution in [0.25, 0.3) is 0 Å². The Labute approximate surface area is 568 Å². The molecule has 93 heavy (non-hydrogen) atoms. The number of carbonyl (C=O) groups is 4. The normalized spacial score (nSPS) is 14.5. The molecule has 3 N–H and O–H groups in total. The second-order valence-electron chi connectivity index (χ2n) is 28.4. The Hall–Kier alpha value is -1.94. The largest absolute Gasteiger partial charge is 0.472 e. The summed E-state index contributed by atoms with van der Waals surface area (Å²) >= 11 is 0. The highest BCUT2D eigenvalue weighted by Crippen LogP contribution is 2.45. The van der Waals surface area contributed by atoms with E-state index in [2.05, 4.69) is 55.4 Å². The molecule has 0 aromatic rings. The van der Waals surface area contributed by atoms with E-state index < -0.39 is 97.5 Å². The lowest BCUT2D eigenvalue weighted by molar-refractivity contribution is -0.161. The number of esters is 4. The lowest BCUT2D eigenvalue weighted by atomic mass is 10.00. The maximum Gasteiger partial charge on any atom is 0.472 e. The van der Waals surface area contributed by atoms with Gasteiger partial charge in [-0.2, -0.15) is 0 Å². The van der Waals surface area contributed by atoms with Crippen molar-refractivity contribution in [3.05, 3.63) is 0 Å². The van der Waals surface area contributed by atoms with Crippen molar-refractivity contribution in [2.75, 3.05) is 39.6 Å². The third kappa shape index (κ3) is 67.0. The molecule has 0 aromatic heterocycles. The average Bonchev–Trinajstić information content (AvgIpc) is 1.64. The number of phosphoric acid groups is 2. The minimum absolute atomic E-state index is 0.104. The monoisotopic (exact) mass is 1370 g/mol. The van der Waals surface area contributed by atoms with Gasteiger partial charge in [0.25, 0.3) is 0 Å². The average molecular weight is 1370 g/mol. The Kier molecular flexibility index (Phi) is 62.2. The number of ether oxygens (including phenoxy) is 4. The second-order valence-corrected chi connectivity index (χ2v) is 31.3. The van der Waals surface area contributed by atoms with Crippen molar-refractivity contribution in [3.63, 3.8) is 0 Å². The molecule has 6 atom stereocenters. The van der Waals surface area contributed by atoms with E-state index in [1.807, 2.05) is 0 Å². The molecule has 17 nitrogen and oxygen atoms in total. The number of unbranched alkanes of at least 4 members (excludes halogenated alkanes) is 36. The molecule has 0 aliphatic heterocycles. The Morgan fingerprint density at radius 3 is 0.763 bits per heavy atom. The number of hydrogen-bond acceptors (Lipinski definition) is 15. The van der Waals surface area contributed by atoms with Crippen molar-refractivity contribution in [2.24, 2.45) is 23.7 Å². The summed E-state index contributed by atoms with van der Waals surface area (Å²) in [7, 11) is -9.91. The maximum absolute atomic E-state index is 13.0. The predicted molar refractivity (Wildman–Crippen MR) is 377 cm³/mol. The van der Waals surface area contributed by atoms with Gasteiger partial charge in [-0.25, -0.2) is 9.13 Å². The Bertz CT molecular complexity index is 1840. The molecule has 0 bridgehead atoms. The van der Waals surface area contributed by atoms with E-state index in [0.717, 1.165) is 120 Å². The second kappa shape index (κ2) is 63.5. The van der Waals surface area contributed by atoms with E-state index in [1.54, 1.807) is 0 Å². The number of carbonyl (C=O) groups excluding carboxylic acids is 4. The molecule has 0 aromatic carbocycles. The SMILES string of the molecule is CCC(C)CCCCCCCCC(=O)OC[C@H](COP(=O)(O)OCC(O)COP(=O)(O)OC[C@@H](COC(=O)CCCCCCCCC(C)C)OC(=O)CCCCCCCCCCCCCCCCCCCCC(C)C)OC(=O)CCCCCCCCCCCCC(C)C. The van der Waals surface area contributed by atoms with Crippen molar-refractivity contribution >= 4 is 39.5 Å². The third-order valence-electron chi connectivity index (χ3n) is 17.4. The first-order valence-electron chi connectivity index (χ1n) is 38.2. The fourth-order valence-electron chi connectivity index (χ4n) is 11.2. The van der Waals surface area contributed by atoms with Crippen molar-refractivity contribution in [1.29, 1.82) is 0 Å². The van der Waals surface area contributed by atoms with E-state index >= 15 is 0 Å². The summed E-state index contributed by atoms with van der Waals surface area (Å²) < 4.78 is 68.4. The minimum atomic E-state index is -4.95. The van der Waals surface area contributed by atoms with Crippen molar-refractivity contribution < 1.29 is 80.2 Å². The minimum Gasteiger partial charge on any atom is -0.462 e. The smallest absolute Gasteiger partial charge is 0.462 e. The Morgan fingerprint density at radius 2 is 0.516 bits per heavy atom. The van der Waals surface area contributed by atoms with Gasteiger partial charge in [0.1, 0.15) is 19.3 Å². The van der Waals surface area contributed by atoms with Crippen LogP contribution in [0, 0.1) is 23.7 Å². The van der Waals surface area contributed by atoms with Crippen LogP contribution in [0.1, 0.15) is 370 Å². The van der Waals surface area contributed by atoms with Crippen LogP contribution in [0.15, 0.2) is 0 Å². The van der Waals surface area contributed by atoms with Gasteiger partial charge in [-0.05, 0) is 49.4 Å². The summed E-state index contributed by atoms with van der Waals surface area (Å²) in [5.41, 5.74) is 0. The van der Waals surface area contributed by atoms with Gasteiger partial charge in [-0.1, -0.05) is 319 Å². The highest BCUT2D eigenvalue weighted by atomic mass is 31.2. The number of phosphoric ester groups is 2. The van der Waals surface area contributed by atoms with Crippen LogP contribution in [0.5, 0.6) is 0 Å². The van der Waals surface area contributed by atoms with Gasteiger partial charge in [-0.15, -0.1) is 0 Å². The molecule has 0 fully saturated rings. The van der Waals surface area contributed by atoms with Crippen LogP contribution >= 0.6 is 15.6 Å². The molecule has 0 rings (SSSR count). The third-order valence-corrected chi connectivity index (χ3v) is 19.3. The van der Waals surface area contributed by atoms with Crippen LogP contribution in [0.3, 0.4) is 0 Å². The topological polar surface area (TPSA) is 237 Å². The summed E-state index contributed by atoms with van der Waals surface area (Å²) in [6, 6.07) is 0. The molecule has 4 unspecified atom stereocenters. The van der Waals surface area contributed by atoms with Crippen molar-refractivity contribution in [2.45, 2.75) is 388 Å². The summed E-state index contributed by atoms with van der Waals surface area (Å²) in [6.07, 6.45) is 47.5. The Balaban J connectivity index is 5.16. The fraction of sp³-hybridized carbons (Fsp3) is 0.946. The lowest BCUT2D eigenvalue weighted by Gasteiger charge is -2.21. The first kappa shape index (κ1) is 91.1. The molecule has 0 aliphatic rings. The highest BCUT2D eigenvalue weighted by Gasteiger charge is 2.30. The van der Waals surface area contributed by atoms with E-state index in [0.29, 0.717) is 31.6 Å². The molecule has 552 valence electrons. The van der Waals surface area contributed by atoms with E-state index in [9.17, 15) is 43.2 Å². The molecule has 0 aliphatic carbocycles. The molecule has 0 saturated carbocycles. The van der Waals surface area contributed by atoms with Gasteiger partial charge >= 0.3 is 39.5 Å². The number of aliphatic hydroxyl groups excluding tert-OH is 1. The quantitative estimate of drug-likeness (QED) is 0.0222. The molecule has 19 heteroatoms. The molecular formula is C74H144O17P2. The van der Waals surface area contributed by atoms with Crippen molar-refractivity contribution in [1.82, 2.24) is 0 Å². The van der Waals surface area contributed by atoms with E-state index in [4.69, 9.17) is 37.0 Å². The fourth-order valence-corrected chi connectivity index (χ4v) is 12.7. The summed E-state index contributed by atoms with van der Waals surface area (Å²) in [6.45, 7) is 14.1. The zero-order valence-electron chi connectivity index (χ0n) is 60.9. The van der Waals surface area contributed by atoms with Crippen LogP contribution in [-0.2, 0) is 65.4 Å². The zero-order chi connectivity index (χ0) is 68.9. The van der Waals surface area contributed by atoms with Crippen LogP contribution < -0.4 is 0 Å². The number of rotatable bonds is 71. The van der Waals surface area contributed by atoms with Gasteiger partial charge in [-0.3, -0.25) is 37.3 Å². The summed E-state index contributed by atoms with van der Waals surface area (Å²) in [5, 5.41) is 10.6. The molecule has 0 amide bonds. The molecule has 0 heterocycles. The van der Waals surface area contributed by atoms with E-state index in [1.165, 1.54) is 161 Å².